The van der Waals surface area contributed by atoms with Crippen molar-refractivity contribution in [3.05, 3.63) is 35.5 Å². The Balaban J connectivity index is 1.81. The molecule has 0 aliphatic carbocycles. The number of hydrogen-bond donors (Lipinski definition) is 4. The molecule has 8 heteroatoms. The third kappa shape index (κ3) is 2.86. The zero-order valence-electron chi connectivity index (χ0n) is 15.1. The van der Waals surface area contributed by atoms with Crippen molar-refractivity contribution in [3.63, 3.8) is 0 Å². The number of nitrogens with one attached hydrogen (secondary N) is 3. The zero-order chi connectivity index (χ0) is 19.1. The highest BCUT2D eigenvalue weighted by molar-refractivity contribution is 5.95. The number of nitrogens with two attached hydrogens (primary N) is 1. The molecule has 0 saturated carbocycles. The van der Waals surface area contributed by atoms with Gasteiger partial charge in [0.1, 0.15) is 12.1 Å². The van der Waals surface area contributed by atoms with Gasteiger partial charge in [-0.1, -0.05) is 18.2 Å². The Morgan fingerprint density at radius 2 is 2.07 bits per heavy atom. The summed E-state index contributed by atoms with van der Waals surface area (Å²) in [5, 5.41) is 6.65. The summed E-state index contributed by atoms with van der Waals surface area (Å²) in [7, 11) is 1.67. The van der Waals surface area contributed by atoms with E-state index < -0.39 is 18.0 Å². The van der Waals surface area contributed by atoms with Crippen LogP contribution >= 0.6 is 0 Å². The van der Waals surface area contributed by atoms with E-state index in [1.54, 1.807) is 11.9 Å². The molecule has 142 valence electrons. The number of para-hydroxylation sites is 1. The molecule has 3 unspecified atom stereocenters. The van der Waals surface area contributed by atoms with Crippen molar-refractivity contribution in [1.82, 2.24) is 20.5 Å². The molecule has 5 N–H and O–H groups in total. The zero-order valence-corrected chi connectivity index (χ0v) is 15.1. The topological polar surface area (TPSA) is 120 Å². The largest absolute Gasteiger partial charge is 0.368 e. The van der Waals surface area contributed by atoms with Gasteiger partial charge in [0.05, 0.1) is 12.6 Å². The van der Waals surface area contributed by atoms with E-state index in [-0.39, 0.29) is 24.4 Å². The van der Waals surface area contributed by atoms with E-state index in [0.717, 1.165) is 22.2 Å². The van der Waals surface area contributed by atoms with E-state index in [0.29, 0.717) is 19.3 Å². The van der Waals surface area contributed by atoms with Gasteiger partial charge >= 0.3 is 0 Å². The Kier molecular flexibility index (Phi) is 4.35. The van der Waals surface area contributed by atoms with Crippen molar-refractivity contribution < 1.29 is 14.4 Å². The van der Waals surface area contributed by atoms with E-state index in [1.165, 1.54) is 0 Å². The van der Waals surface area contributed by atoms with Crippen molar-refractivity contribution >= 4 is 28.6 Å². The van der Waals surface area contributed by atoms with Crippen molar-refractivity contribution in [2.45, 2.75) is 37.4 Å². The van der Waals surface area contributed by atoms with Gasteiger partial charge in [-0.15, -0.1) is 0 Å². The SMILES string of the molecule is CNCC(=O)NC1Cc2c([nH]c3ccccc23)C2CCC(C(N)=O)N2C1=O. The van der Waals surface area contributed by atoms with Gasteiger partial charge in [-0.05, 0) is 31.5 Å². The molecule has 0 bridgehead atoms. The molecule has 27 heavy (non-hydrogen) atoms. The molecule has 3 amide bonds. The highest BCUT2D eigenvalue weighted by Gasteiger charge is 2.47. The van der Waals surface area contributed by atoms with Gasteiger partial charge in [0.25, 0.3) is 0 Å². The molecule has 1 fully saturated rings. The van der Waals surface area contributed by atoms with Crippen LogP contribution in [0.4, 0.5) is 0 Å². The lowest BCUT2D eigenvalue weighted by molar-refractivity contribution is -0.142. The summed E-state index contributed by atoms with van der Waals surface area (Å²) in [4.78, 5) is 42.4. The lowest BCUT2D eigenvalue weighted by Gasteiger charge is -2.29. The standard InChI is InChI=1S/C19H23N5O3/c1-21-9-16(25)22-13-8-11-10-4-2-3-5-12(10)23-17(11)14-6-7-15(18(20)26)24(14)19(13)27/h2-5,13-15,21,23H,6-9H2,1H3,(H2,20,26)(H,22,25). The quantitative estimate of drug-likeness (QED) is 0.604. The Bertz CT molecular complexity index is 921. The Morgan fingerprint density at radius 1 is 1.30 bits per heavy atom. The molecule has 0 spiro atoms. The molecule has 3 heterocycles. The second-order valence-electron chi connectivity index (χ2n) is 7.17. The fraction of sp³-hybridized carbons (Fsp3) is 0.421. The summed E-state index contributed by atoms with van der Waals surface area (Å²) in [5.74, 6) is -1.02. The highest BCUT2D eigenvalue weighted by Crippen LogP contribution is 2.42. The minimum absolute atomic E-state index is 0.118. The van der Waals surface area contributed by atoms with Crippen LogP contribution in [-0.2, 0) is 20.8 Å². The van der Waals surface area contributed by atoms with Crippen LogP contribution in [0.2, 0.25) is 0 Å². The lowest BCUT2D eigenvalue weighted by atomic mass is 10.00. The number of aromatic amines is 1. The molecule has 8 nitrogen and oxygen atoms in total. The average Bonchev–Trinajstić information content (AvgIpc) is 3.20. The number of likely N-dealkylation sites (N-methyl/N-ethyl adjacent to an activating group) is 1. The number of primary amides is 1. The first kappa shape index (κ1) is 17.5. The van der Waals surface area contributed by atoms with Crippen molar-refractivity contribution in [2.24, 2.45) is 5.73 Å². The normalized spacial score (nSPS) is 24.4. The first-order chi connectivity index (χ1) is 13.0. The molecule has 2 aromatic rings. The number of rotatable bonds is 4. The van der Waals surface area contributed by atoms with E-state index in [9.17, 15) is 14.4 Å². The molecular weight excluding hydrogens is 346 g/mol. The maximum Gasteiger partial charge on any atom is 0.246 e. The van der Waals surface area contributed by atoms with Gasteiger partial charge in [0, 0.05) is 23.0 Å². The molecule has 1 aromatic carbocycles. The van der Waals surface area contributed by atoms with Gasteiger partial charge < -0.3 is 26.3 Å². The van der Waals surface area contributed by atoms with E-state index in [4.69, 9.17) is 5.73 Å². The summed E-state index contributed by atoms with van der Waals surface area (Å²) in [6.45, 7) is 0.118. The highest BCUT2D eigenvalue weighted by atomic mass is 16.2. The summed E-state index contributed by atoms with van der Waals surface area (Å²) in [5.41, 5.74) is 8.52. The van der Waals surface area contributed by atoms with Gasteiger partial charge in [0.2, 0.25) is 17.7 Å². The van der Waals surface area contributed by atoms with E-state index in [2.05, 4.69) is 15.6 Å². The third-order valence-electron chi connectivity index (χ3n) is 5.53. The molecular formula is C19H23N5O3. The van der Waals surface area contributed by atoms with Crippen LogP contribution in [0.25, 0.3) is 10.9 Å². The number of fused-ring (bicyclic) bond motifs is 5. The lowest BCUT2D eigenvalue weighted by Crippen LogP contribution is -2.53. The van der Waals surface area contributed by atoms with Crippen LogP contribution < -0.4 is 16.4 Å². The van der Waals surface area contributed by atoms with Crippen molar-refractivity contribution in [1.29, 1.82) is 0 Å². The van der Waals surface area contributed by atoms with Crippen molar-refractivity contribution in [3.8, 4) is 0 Å². The molecule has 1 saturated heterocycles. The molecule has 1 aromatic heterocycles. The van der Waals surface area contributed by atoms with Gasteiger partial charge in [-0.2, -0.15) is 0 Å². The number of hydrogen-bond acceptors (Lipinski definition) is 4. The number of amides is 3. The van der Waals surface area contributed by atoms with E-state index in [1.807, 2.05) is 24.3 Å². The monoisotopic (exact) mass is 369 g/mol. The Morgan fingerprint density at radius 3 is 2.81 bits per heavy atom. The van der Waals surface area contributed by atoms with Crippen LogP contribution in [0.15, 0.2) is 24.3 Å². The van der Waals surface area contributed by atoms with Crippen LogP contribution in [0.1, 0.15) is 30.1 Å². The summed E-state index contributed by atoms with van der Waals surface area (Å²) in [6, 6.07) is 6.30. The average molecular weight is 369 g/mol. The molecule has 4 rings (SSSR count). The molecule has 0 radical (unpaired) electrons. The van der Waals surface area contributed by atoms with Gasteiger partial charge in [-0.3, -0.25) is 14.4 Å². The summed E-state index contributed by atoms with van der Waals surface area (Å²) >= 11 is 0. The first-order valence-corrected chi connectivity index (χ1v) is 9.16. The van der Waals surface area contributed by atoms with Gasteiger partial charge in [0.15, 0.2) is 0 Å². The number of carbonyl (C=O) groups excluding carboxylic acids is 3. The third-order valence-corrected chi connectivity index (χ3v) is 5.53. The second-order valence-corrected chi connectivity index (χ2v) is 7.17. The summed E-state index contributed by atoms with van der Waals surface area (Å²) in [6.07, 6.45) is 1.57. The Labute approximate surface area is 156 Å². The van der Waals surface area contributed by atoms with E-state index >= 15 is 0 Å². The second kappa shape index (κ2) is 6.70. The number of aromatic nitrogens is 1. The fourth-order valence-electron chi connectivity index (χ4n) is 4.40. The predicted octanol–water partition coefficient (Wildman–Crippen LogP) is -0.0544. The number of carbonyl (C=O) groups is 3. The number of benzene rings is 1. The van der Waals surface area contributed by atoms with Crippen molar-refractivity contribution in [2.75, 3.05) is 13.6 Å². The predicted molar refractivity (Wildman–Crippen MR) is 99.7 cm³/mol. The fourth-order valence-corrected chi connectivity index (χ4v) is 4.40. The van der Waals surface area contributed by atoms with Crippen LogP contribution in [0.3, 0.4) is 0 Å². The van der Waals surface area contributed by atoms with Crippen LogP contribution in [0.5, 0.6) is 0 Å². The smallest absolute Gasteiger partial charge is 0.246 e. The summed E-state index contributed by atoms with van der Waals surface area (Å²) < 4.78 is 0. The Hall–Kier alpha value is -2.87. The van der Waals surface area contributed by atoms with Crippen LogP contribution in [0, 0.1) is 0 Å². The van der Waals surface area contributed by atoms with Crippen LogP contribution in [-0.4, -0.2) is 53.3 Å². The molecule has 2 aliphatic rings. The first-order valence-electron chi connectivity index (χ1n) is 9.16. The number of nitrogens with zero attached hydrogens (tertiary/aromatic N) is 1. The van der Waals surface area contributed by atoms with Gasteiger partial charge in [-0.25, -0.2) is 0 Å². The number of H-pyrrole nitrogens is 1. The minimum Gasteiger partial charge on any atom is -0.368 e. The minimum atomic E-state index is -0.728. The molecule has 3 atom stereocenters. The maximum absolute atomic E-state index is 13.3. The maximum atomic E-state index is 13.3. The molecule has 2 aliphatic heterocycles.